The van der Waals surface area contributed by atoms with Gasteiger partial charge in [-0.3, -0.25) is 13.8 Å². The van der Waals surface area contributed by atoms with Crippen LogP contribution in [-0.2, 0) is 27.9 Å². The lowest BCUT2D eigenvalue weighted by Crippen LogP contribution is -2.37. The molecule has 1 N–H and O–H groups in total. The molecule has 60 heavy (non-hydrogen) atoms. The molecule has 0 spiro atoms. The molecule has 0 saturated heterocycles. The third-order valence-corrected chi connectivity index (χ3v) is 11.3. The standard InChI is InChI=1S/C51H94NO7P/c1-6-8-10-12-14-16-18-20-22-24-26-27-29-31-33-35-37-39-41-43-46-56-48-50(49-58-60(54,55)57-47-45-52(3,4)5)59-51(53)44-42-40-38-36-34-32-30-28-25-23-21-19-17-15-13-11-9-7-2/h8,10,14,16,20,22-23,25-27,50H,6-7,9,11-13,15,17-19,21,24,28-49H2,1-5H3/p+1/b10-8-,16-14-,22-20-,25-23-,27-26-. The first-order valence-electron chi connectivity index (χ1n) is 24.5. The number of nitrogens with zero attached hydrogens (tertiary/aromatic N) is 1. The lowest BCUT2D eigenvalue weighted by atomic mass is 10.1. The average molecular weight is 865 g/mol. The van der Waals surface area contributed by atoms with Crippen LogP contribution in [0.1, 0.15) is 200 Å². The van der Waals surface area contributed by atoms with Gasteiger partial charge >= 0.3 is 13.8 Å². The molecular formula is C51H95NO7P+. The van der Waals surface area contributed by atoms with Crippen molar-refractivity contribution in [3.8, 4) is 0 Å². The van der Waals surface area contributed by atoms with E-state index in [1.165, 1.54) is 116 Å². The maximum atomic E-state index is 12.7. The van der Waals surface area contributed by atoms with E-state index in [-0.39, 0.29) is 25.8 Å². The molecule has 0 rings (SSSR count). The number of hydrogen-bond acceptors (Lipinski definition) is 6. The average Bonchev–Trinajstić information content (AvgIpc) is 3.20. The first-order valence-corrected chi connectivity index (χ1v) is 26.0. The summed E-state index contributed by atoms with van der Waals surface area (Å²) in [5.41, 5.74) is 0. The van der Waals surface area contributed by atoms with Crippen molar-refractivity contribution in [2.24, 2.45) is 0 Å². The van der Waals surface area contributed by atoms with Gasteiger partial charge in [0.05, 0.1) is 34.4 Å². The summed E-state index contributed by atoms with van der Waals surface area (Å²) in [6.07, 6.45) is 55.4. The first-order chi connectivity index (χ1) is 29.1. The molecular weight excluding hydrogens is 770 g/mol. The SMILES string of the molecule is CC/C=C\C/C=C\C/C=C\C/C=C\CCCCCCCCCOCC(COP(=O)(O)OCC[N+](C)(C)C)OC(=O)CCCCCCCCC/C=C\CCCCCCCCC. The second-order valence-corrected chi connectivity index (χ2v) is 18.9. The van der Waals surface area contributed by atoms with Crippen LogP contribution in [0.15, 0.2) is 60.8 Å². The molecule has 2 unspecified atom stereocenters. The minimum atomic E-state index is -4.29. The molecule has 2 atom stereocenters. The summed E-state index contributed by atoms with van der Waals surface area (Å²) in [4.78, 5) is 23.0. The summed E-state index contributed by atoms with van der Waals surface area (Å²) < 4.78 is 35.1. The number of allylic oxidation sites excluding steroid dienone is 10. The number of quaternary nitrogens is 1. The predicted octanol–water partition coefficient (Wildman–Crippen LogP) is 14.9. The van der Waals surface area contributed by atoms with Gasteiger partial charge in [-0.05, 0) is 77.0 Å². The highest BCUT2D eigenvalue weighted by atomic mass is 31.2. The molecule has 8 nitrogen and oxygen atoms in total. The number of unbranched alkanes of at least 4 members (excludes halogenated alkanes) is 21. The maximum Gasteiger partial charge on any atom is 0.472 e. The van der Waals surface area contributed by atoms with Crippen LogP contribution in [0.2, 0.25) is 0 Å². The van der Waals surface area contributed by atoms with Crippen LogP contribution < -0.4 is 0 Å². The van der Waals surface area contributed by atoms with E-state index in [1.807, 2.05) is 21.1 Å². The second-order valence-electron chi connectivity index (χ2n) is 17.5. The smallest absolute Gasteiger partial charge is 0.457 e. The lowest BCUT2D eigenvalue weighted by Gasteiger charge is -2.24. The van der Waals surface area contributed by atoms with Crippen LogP contribution >= 0.6 is 7.82 Å². The molecule has 0 bridgehead atoms. The van der Waals surface area contributed by atoms with Crippen molar-refractivity contribution < 1.29 is 37.3 Å². The zero-order valence-corrected chi connectivity index (χ0v) is 40.6. The quantitative estimate of drug-likeness (QED) is 0.0214. The Morgan fingerprint density at radius 1 is 0.533 bits per heavy atom. The Morgan fingerprint density at radius 3 is 1.47 bits per heavy atom. The Bertz CT molecular complexity index is 1140. The number of ether oxygens (including phenoxy) is 2. The van der Waals surface area contributed by atoms with Gasteiger partial charge in [-0.1, -0.05) is 177 Å². The Hall–Kier alpha value is -1.80. The lowest BCUT2D eigenvalue weighted by molar-refractivity contribution is -0.870. The van der Waals surface area contributed by atoms with Crippen LogP contribution in [0.3, 0.4) is 0 Å². The van der Waals surface area contributed by atoms with Gasteiger partial charge in [0.2, 0.25) is 0 Å². The van der Waals surface area contributed by atoms with Crippen molar-refractivity contribution in [1.82, 2.24) is 0 Å². The Morgan fingerprint density at radius 2 is 0.967 bits per heavy atom. The molecule has 0 amide bonds. The van der Waals surface area contributed by atoms with Crippen molar-refractivity contribution in [3.63, 3.8) is 0 Å². The third kappa shape index (κ3) is 47.3. The monoisotopic (exact) mass is 865 g/mol. The minimum Gasteiger partial charge on any atom is -0.457 e. The molecule has 0 fully saturated rings. The van der Waals surface area contributed by atoms with Crippen molar-refractivity contribution in [2.75, 3.05) is 54.1 Å². The first kappa shape index (κ1) is 58.2. The summed E-state index contributed by atoms with van der Waals surface area (Å²) in [7, 11) is 1.65. The molecule has 0 aliphatic heterocycles. The van der Waals surface area contributed by atoms with Crippen molar-refractivity contribution in [2.45, 2.75) is 206 Å². The molecule has 0 heterocycles. The van der Waals surface area contributed by atoms with Crippen LogP contribution in [0, 0.1) is 0 Å². The summed E-state index contributed by atoms with van der Waals surface area (Å²) in [6.45, 7) is 5.48. The molecule has 350 valence electrons. The van der Waals surface area contributed by atoms with E-state index < -0.39 is 13.9 Å². The van der Waals surface area contributed by atoms with Gasteiger partial charge in [-0.15, -0.1) is 0 Å². The van der Waals surface area contributed by atoms with E-state index >= 15 is 0 Å². The molecule has 0 aromatic carbocycles. The van der Waals surface area contributed by atoms with Crippen molar-refractivity contribution in [1.29, 1.82) is 0 Å². The van der Waals surface area contributed by atoms with E-state index in [4.69, 9.17) is 18.5 Å². The molecule has 0 aromatic rings. The van der Waals surface area contributed by atoms with Gasteiger partial charge in [0.15, 0.2) is 0 Å². The third-order valence-electron chi connectivity index (χ3n) is 10.3. The molecule has 0 radical (unpaired) electrons. The van der Waals surface area contributed by atoms with Crippen LogP contribution in [0.4, 0.5) is 0 Å². The second kappa shape index (κ2) is 43.8. The van der Waals surface area contributed by atoms with Crippen molar-refractivity contribution >= 4 is 13.8 Å². The molecule has 0 aromatic heterocycles. The highest BCUT2D eigenvalue weighted by molar-refractivity contribution is 7.47. The number of carbonyl (C=O) groups excluding carboxylic acids is 1. The van der Waals surface area contributed by atoms with E-state index in [0.717, 1.165) is 64.2 Å². The summed E-state index contributed by atoms with van der Waals surface area (Å²) >= 11 is 0. The van der Waals surface area contributed by atoms with Crippen LogP contribution in [0.5, 0.6) is 0 Å². The number of rotatable bonds is 45. The van der Waals surface area contributed by atoms with Gasteiger partial charge in [0.1, 0.15) is 19.3 Å². The van der Waals surface area contributed by atoms with Gasteiger partial charge < -0.3 is 18.9 Å². The number of likely N-dealkylation sites (N-methyl/N-ethyl adjacent to an activating group) is 1. The largest absolute Gasteiger partial charge is 0.472 e. The topological polar surface area (TPSA) is 91.3 Å². The van der Waals surface area contributed by atoms with Crippen LogP contribution in [0.25, 0.3) is 0 Å². The number of hydrogen-bond donors (Lipinski definition) is 1. The van der Waals surface area contributed by atoms with Crippen molar-refractivity contribution in [3.05, 3.63) is 60.8 Å². The van der Waals surface area contributed by atoms with Gasteiger partial charge in [-0.25, -0.2) is 4.57 Å². The van der Waals surface area contributed by atoms with Gasteiger partial charge in [0.25, 0.3) is 0 Å². The fourth-order valence-corrected chi connectivity index (χ4v) is 7.28. The number of esters is 1. The fourth-order valence-electron chi connectivity index (χ4n) is 6.54. The summed E-state index contributed by atoms with van der Waals surface area (Å²) in [5.74, 6) is -0.323. The van der Waals surface area contributed by atoms with Crippen LogP contribution in [-0.4, -0.2) is 75.6 Å². The molecule has 0 aliphatic carbocycles. The number of phosphoric acid groups is 1. The Balaban J connectivity index is 4.21. The normalized spacial score (nSPS) is 14.2. The zero-order chi connectivity index (χ0) is 44.1. The van der Waals surface area contributed by atoms with Gasteiger partial charge in [-0.2, -0.15) is 0 Å². The van der Waals surface area contributed by atoms with Gasteiger partial charge in [0, 0.05) is 13.0 Å². The Labute approximate surface area is 370 Å². The predicted molar refractivity (Wildman–Crippen MR) is 256 cm³/mol. The minimum absolute atomic E-state index is 0.0833. The number of phosphoric ester groups is 1. The molecule has 0 aliphatic rings. The highest BCUT2D eigenvalue weighted by Gasteiger charge is 2.26. The Kier molecular flexibility index (Phi) is 42.5. The fraction of sp³-hybridized carbons (Fsp3) is 0.784. The van der Waals surface area contributed by atoms with E-state index in [9.17, 15) is 14.3 Å². The maximum absolute atomic E-state index is 12.7. The number of carbonyl (C=O) groups is 1. The summed E-state index contributed by atoms with van der Waals surface area (Å²) in [6, 6.07) is 0. The summed E-state index contributed by atoms with van der Waals surface area (Å²) in [5, 5.41) is 0. The molecule has 0 saturated carbocycles. The molecule has 9 heteroatoms. The zero-order valence-electron chi connectivity index (χ0n) is 39.7. The van der Waals surface area contributed by atoms with E-state index in [2.05, 4.69) is 74.6 Å². The van der Waals surface area contributed by atoms with E-state index in [1.54, 1.807) is 0 Å². The van der Waals surface area contributed by atoms with E-state index in [0.29, 0.717) is 24.1 Å². The highest BCUT2D eigenvalue weighted by Crippen LogP contribution is 2.43.